The minimum atomic E-state index is -0.139. The third-order valence-electron chi connectivity index (χ3n) is 5.49. The number of nitrogens with one attached hydrogen (secondary N) is 2. The highest BCUT2D eigenvalue weighted by atomic mass is 16.5. The number of benzene rings is 2. The van der Waals surface area contributed by atoms with E-state index in [1.54, 1.807) is 6.20 Å². The Morgan fingerprint density at radius 1 is 1.00 bits per heavy atom. The van der Waals surface area contributed by atoms with Gasteiger partial charge in [-0.1, -0.05) is 24.3 Å². The largest absolute Gasteiger partial charge is 0.487 e. The molecule has 3 aromatic heterocycles. The van der Waals surface area contributed by atoms with E-state index in [1.807, 2.05) is 43.6 Å². The fourth-order valence-corrected chi connectivity index (χ4v) is 3.88. The Morgan fingerprint density at radius 3 is 2.80 bits per heavy atom. The van der Waals surface area contributed by atoms with Gasteiger partial charge >= 0.3 is 0 Å². The molecule has 3 heterocycles. The highest BCUT2D eigenvalue weighted by molar-refractivity contribution is 5.86. The van der Waals surface area contributed by atoms with Gasteiger partial charge in [0.1, 0.15) is 11.9 Å². The first kappa shape index (κ1) is 18.4. The van der Waals surface area contributed by atoms with Gasteiger partial charge in [-0.2, -0.15) is 5.10 Å². The molecule has 0 spiro atoms. The van der Waals surface area contributed by atoms with Crippen molar-refractivity contribution in [3.8, 4) is 16.9 Å². The molecule has 0 saturated heterocycles. The summed E-state index contributed by atoms with van der Waals surface area (Å²) in [6.07, 6.45) is 6.21. The summed E-state index contributed by atoms with van der Waals surface area (Å²) in [7, 11) is 0. The van der Waals surface area contributed by atoms with Gasteiger partial charge in [-0.3, -0.25) is 10.1 Å². The quantitative estimate of drug-likeness (QED) is 0.397. The first-order valence-electron chi connectivity index (χ1n) is 10.0. The van der Waals surface area contributed by atoms with Gasteiger partial charge in [0, 0.05) is 47.2 Å². The summed E-state index contributed by atoms with van der Waals surface area (Å²) in [5.41, 5.74) is 12.4. The summed E-state index contributed by atoms with van der Waals surface area (Å²) in [4.78, 5) is 7.70. The summed E-state index contributed by atoms with van der Waals surface area (Å²) in [6, 6.07) is 16.5. The van der Waals surface area contributed by atoms with Gasteiger partial charge < -0.3 is 15.5 Å². The topological polar surface area (TPSA) is 92.6 Å². The normalized spacial score (nSPS) is 12.5. The molecule has 0 saturated carbocycles. The average molecular weight is 397 g/mol. The molecular weight excluding hydrogens is 374 g/mol. The number of aromatic amines is 2. The Bertz CT molecular complexity index is 1320. The molecule has 0 aliphatic heterocycles. The molecule has 0 aliphatic rings. The number of fused-ring (bicyclic) bond motifs is 2. The lowest BCUT2D eigenvalue weighted by atomic mass is 10.0. The summed E-state index contributed by atoms with van der Waals surface area (Å²) in [5.74, 6) is 0.715. The second-order valence-corrected chi connectivity index (χ2v) is 7.52. The summed E-state index contributed by atoms with van der Waals surface area (Å²) in [6.45, 7) is 2.42. The van der Waals surface area contributed by atoms with E-state index < -0.39 is 0 Å². The van der Waals surface area contributed by atoms with Crippen LogP contribution >= 0.6 is 0 Å². The van der Waals surface area contributed by atoms with Gasteiger partial charge in [-0.05, 0) is 42.3 Å². The maximum atomic E-state index is 6.22. The van der Waals surface area contributed by atoms with Gasteiger partial charge in [-0.25, -0.2) is 0 Å². The van der Waals surface area contributed by atoms with Crippen molar-refractivity contribution in [1.82, 2.24) is 20.2 Å². The van der Waals surface area contributed by atoms with Crippen LogP contribution in [-0.2, 0) is 6.42 Å². The van der Waals surface area contributed by atoms with Crippen LogP contribution in [0.1, 0.15) is 11.3 Å². The molecule has 4 N–H and O–H groups in total. The van der Waals surface area contributed by atoms with Crippen LogP contribution in [0.5, 0.6) is 5.75 Å². The van der Waals surface area contributed by atoms with Crippen LogP contribution in [0.15, 0.2) is 67.1 Å². The minimum Gasteiger partial charge on any atom is -0.487 e. The lowest BCUT2D eigenvalue weighted by Crippen LogP contribution is -2.29. The van der Waals surface area contributed by atoms with Crippen molar-refractivity contribution in [1.29, 1.82) is 0 Å². The number of hydrogen-bond donors (Lipinski definition) is 3. The van der Waals surface area contributed by atoms with Crippen LogP contribution in [0.2, 0.25) is 0 Å². The monoisotopic (exact) mass is 397 g/mol. The molecule has 1 atom stereocenters. The third-order valence-corrected chi connectivity index (χ3v) is 5.49. The molecule has 0 aliphatic carbocycles. The minimum absolute atomic E-state index is 0.139. The predicted octanol–water partition coefficient (Wildman–Crippen LogP) is 4.36. The second-order valence-electron chi connectivity index (χ2n) is 7.52. The van der Waals surface area contributed by atoms with Crippen molar-refractivity contribution in [2.24, 2.45) is 5.73 Å². The molecular formula is C24H23N5O. The van der Waals surface area contributed by atoms with Gasteiger partial charge in [0.05, 0.1) is 17.4 Å². The van der Waals surface area contributed by atoms with Crippen molar-refractivity contribution in [2.45, 2.75) is 19.4 Å². The van der Waals surface area contributed by atoms with E-state index in [0.717, 1.165) is 39.7 Å². The zero-order valence-corrected chi connectivity index (χ0v) is 16.7. The van der Waals surface area contributed by atoms with E-state index in [9.17, 15) is 0 Å². The zero-order chi connectivity index (χ0) is 20.5. The number of hydrogen-bond acceptors (Lipinski definition) is 4. The van der Waals surface area contributed by atoms with Crippen molar-refractivity contribution < 1.29 is 4.74 Å². The number of pyridine rings is 1. The number of aryl methyl sites for hydroxylation is 1. The Hall–Kier alpha value is -3.64. The fraction of sp³-hybridized carbons (Fsp3) is 0.167. The predicted molar refractivity (Wildman–Crippen MR) is 120 cm³/mol. The number of para-hydroxylation sites is 1. The summed E-state index contributed by atoms with van der Waals surface area (Å²) < 4.78 is 6.22. The lowest BCUT2D eigenvalue weighted by Gasteiger charge is -2.17. The Kier molecular flexibility index (Phi) is 4.69. The number of ether oxygens (including phenoxy) is 1. The highest BCUT2D eigenvalue weighted by Gasteiger charge is 2.14. The van der Waals surface area contributed by atoms with Gasteiger partial charge in [-0.15, -0.1) is 0 Å². The molecule has 0 radical (unpaired) electrons. The molecule has 0 fully saturated rings. The van der Waals surface area contributed by atoms with E-state index in [2.05, 4.69) is 44.4 Å². The van der Waals surface area contributed by atoms with E-state index in [1.165, 1.54) is 10.9 Å². The van der Waals surface area contributed by atoms with Crippen molar-refractivity contribution >= 4 is 21.8 Å². The molecule has 150 valence electrons. The summed E-state index contributed by atoms with van der Waals surface area (Å²) >= 11 is 0. The maximum Gasteiger partial charge on any atom is 0.138 e. The molecule has 2 aromatic carbocycles. The molecule has 0 bridgehead atoms. The molecule has 6 heteroatoms. The smallest absolute Gasteiger partial charge is 0.138 e. The van der Waals surface area contributed by atoms with Gasteiger partial charge in [0.15, 0.2) is 0 Å². The van der Waals surface area contributed by atoms with Crippen molar-refractivity contribution in [2.75, 3.05) is 6.54 Å². The molecule has 5 aromatic rings. The fourth-order valence-electron chi connectivity index (χ4n) is 3.88. The van der Waals surface area contributed by atoms with Crippen LogP contribution in [0.3, 0.4) is 0 Å². The standard InChI is InChI=1S/C24H23N5O/c1-15-22-10-16(6-7-24(22)29-28-15)17-8-20(14-26-12-17)30-19(11-25)9-18-13-27-23-5-3-2-4-21(18)23/h2-8,10,12-14,19,27H,9,11,25H2,1H3,(H,28,29). The van der Waals surface area contributed by atoms with Crippen LogP contribution in [0, 0.1) is 6.92 Å². The Labute approximate surface area is 174 Å². The van der Waals surface area contributed by atoms with Crippen LogP contribution in [0.4, 0.5) is 0 Å². The number of nitrogens with two attached hydrogens (primary N) is 1. The second kappa shape index (κ2) is 7.65. The first-order chi connectivity index (χ1) is 14.7. The molecule has 1 unspecified atom stereocenters. The molecule has 6 nitrogen and oxygen atoms in total. The van der Waals surface area contributed by atoms with E-state index >= 15 is 0 Å². The molecule has 30 heavy (non-hydrogen) atoms. The number of aromatic nitrogens is 4. The number of H-pyrrole nitrogens is 2. The van der Waals surface area contributed by atoms with Crippen LogP contribution < -0.4 is 10.5 Å². The Balaban J connectivity index is 1.39. The molecule has 0 amide bonds. The maximum absolute atomic E-state index is 6.22. The number of nitrogens with zero attached hydrogens (tertiary/aromatic N) is 2. The van der Waals surface area contributed by atoms with E-state index in [0.29, 0.717) is 12.3 Å². The molecule has 5 rings (SSSR count). The first-order valence-corrected chi connectivity index (χ1v) is 10.0. The SMILES string of the molecule is Cc1n[nH]c2ccc(-c3cncc(OC(CN)Cc4c[nH]c5ccccc45)c3)cc12. The van der Waals surface area contributed by atoms with Crippen molar-refractivity contribution in [3.05, 3.63) is 78.4 Å². The van der Waals surface area contributed by atoms with Gasteiger partial charge in [0.25, 0.3) is 0 Å². The van der Waals surface area contributed by atoms with Gasteiger partial charge in [0.2, 0.25) is 0 Å². The highest BCUT2D eigenvalue weighted by Crippen LogP contribution is 2.28. The van der Waals surface area contributed by atoms with Crippen LogP contribution in [-0.4, -0.2) is 32.8 Å². The third kappa shape index (κ3) is 3.42. The van der Waals surface area contributed by atoms with Crippen LogP contribution in [0.25, 0.3) is 32.9 Å². The zero-order valence-electron chi connectivity index (χ0n) is 16.7. The lowest BCUT2D eigenvalue weighted by molar-refractivity contribution is 0.209. The van der Waals surface area contributed by atoms with Crippen molar-refractivity contribution in [3.63, 3.8) is 0 Å². The average Bonchev–Trinajstić information content (AvgIpc) is 3.37. The van der Waals surface area contributed by atoms with E-state index in [-0.39, 0.29) is 6.10 Å². The number of rotatable bonds is 6. The Morgan fingerprint density at radius 2 is 1.90 bits per heavy atom. The van der Waals surface area contributed by atoms with E-state index in [4.69, 9.17) is 10.5 Å². The summed E-state index contributed by atoms with van der Waals surface area (Å²) in [5, 5.41) is 9.63.